The van der Waals surface area contributed by atoms with E-state index in [0.29, 0.717) is 5.56 Å². The van der Waals surface area contributed by atoms with Gasteiger partial charge in [0, 0.05) is 47.6 Å². The summed E-state index contributed by atoms with van der Waals surface area (Å²) in [6.45, 7) is 6.52. The predicted molar refractivity (Wildman–Crippen MR) is 129 cm³/mol. The van der Waals surface area contributed by atoms with Gasteiger partial charge in [-0.25, -0.2) is 13.9 Å². The van der Waals surface area contributed by atoms with E-state index >= 15 is 0 Å². The lowest BCUT2D eigenvalue weighted by atomic mass is 10.0. The van der Waals surface area contributed by atoms with E-state index < -0.39 is 12.2 Å². The zero-order valence-electron chi connectivity index (χ0n) is 20.1. The summed E-state index contributed by atoms with van der Waals surface area (Å²) in [5.74, 6) is -0.691. The summed E-state index contributed by atoms with van der Waals surface area (Å²) in [6.07, 6.45) is 4.16. The molecule has 1 aliphatic heterocycles. The molecule has 8 nitrogen and oxygen atoms in total. The maximum atomic E-state index is 14.0. The van der Waals surface area contributed by atoms with Crippen LogP contribution in [0.15, 0.2) is 36.8 Å². The van der Waals surface area contributed by atoms with Crippen LogP contribution in [0.2, 0.25) is 0 Å². The molecular formula is C26H26FN5O3. The second-order valence-corrected chi connectivity index (χ2v) is 9.35. The Morgan fingerprint density at radius 1 is 1.09 bits per heavy atom. The second kappa shape index (κ2) is 8.41. The topological polar surface area (TPSA) is 89.6 Å². The average molecular weight is 476 g/mol. The van der Waals surface area contributed by atoms with Crippen LogP contribution in [0.1, 0.15) is 41.9 Å². The van der Waals surface area contributed by atoms with Crippen molar-refractivity contribution in [3.8, 4) is 11.1 Å². The van der Waals surface area contributed by atoms with Crippen molar-refractivity contribution < 1.29 is 18.8 Å². The first-order valence-electron chi connectivity index (χ1n) is 11.5. The molecule has 0 aliphatic carbocycles. The third-order valence-electron chi connectivity index (χ3n) is 6.66. The molecule has 2 atom stereocenters. The molecule has 0 spiro atoms. The Morgan fingerprint density at radius 2 is 1.86 bits per heavy atom. The second-order valence-electron chi connectivity index (χ2n) is 9.35. The number of amides is 1. The largest absolute Gasteiger partial charge is 0.337 e. The van der Waals surface area contributed by atoms with Gasteiger partial charge in [-0.2, -0.15) is 5.10 Å². The Bertz CT molecular complexity index is 1520. The number of carbonyl (C=O) groups is 3. The van der Waals surface area contributed by atoms with Crippen molar-refractivity contribution in [1.29, 1.82) is 0 Å². The number of likely N-dealkylation sites (tertiary alicyclic amines) is 1. The molecule has 5 rings (SSSR count). The summed E-state index contributed by atoms with van der Waals surface area (Å²) >= 11 is 0. The van der Waals surface area contributed by atoms with Gasteiger partial charge in [-0.3, -0.25) is 14.4 Å². The van der Waals surface area contributed by atoms with E-state index in [9.17, 15) is 18.8 Å². The molecule has 35 heavy (non-hydrogen) atoms. The molecule has 1 amide bonds. The van der Waals surface area contributed by atoms with Crippen molar-refractivity contribution in [3.05, 3.63) is 53.6 Å². The molecule has 0 saturated carbocycles. The van der Waals surface area contributed by atoms with E-state index in [0.717, 1.165) is 38.9 Å². The van der Waals surface area contributed by atoms with Gasteiger partial charge in [0.25, 0.3) is 0 Å². The first kappa shape index (κ1) is 22.9. The van der Waals surface area contributed by atoms with Gasteiger partial charge in [-0.05, 0) is 51.0 Å². The van der Waals surface area contributed by atoms with E-state index in [1.165, 1.54) is 18.7 Å². The molecule has 4 heterocycles. The van der Waals surface area contributed by atoms with Crippen LogP contribution >= 0.6 is 0 Å². The predicted octanol–water partition coefficient (Wildman–Crippen LogP) is 3.70. The molecule has 9 heteroatoms. The van der Waals surface area contributed by atoms with E-state index in [4.69, 9.17) is 0 Å². The average Bonchev–Trinajstić information content (AvgIpc) is 3.47. The van der Waals surface area contributed by atoms with Gasteiger partial charge in [0.05, 0.1) is 23.8 Å². The van der Waals surface area contributed by atoms with Gasteiger partial charge in [0.1, 0.15) is 12.7 Å². The van der Waals surface area contributed by atoms with Gasteiger partial charge < -0.3 is 9.47 Å². The number of aromatic nitrogens is 4. The van der Waals surface area contributed by atoms with Crippen molar-refractivity contribution in [3.63, 3.8) is 0 Å². The van der Waals surface area contributed by atoms with Crippen molar-refractivity contribution in [2.45, 2.75) is 52.9 Å². The Hall–Kier alpha value is -3.88. The van der Waals surface area contributed by atoms with E-state index in [2.05, 4.69) is 10.1 Å². The van der Waals surface area contributed by atoms with E-state index in [1.807, 2.05) is 38.2 Å². The van der Waals surface area contributed by atoms with Gasteiger partial charge in [-0.15, -0.1) is 0 Å². The van der Waals surface area contributed by atoms with Crippen molar-refractivity contribution in [2.24, 2.45) is 0 Å². The molecule has 1 aromatic carbocycles. The van der Waals surface area contributed by atoms with E-state index in [1.54, 1.807) is 21.5 Å². The molecule has 3 aromatic heterocycles. The summed E-state index contributed by atoms with van der Waals surface area (Å²) in [5.41, 5.74) is 5.47. The van der Waals surface area contributed by atoms with Crippen LogP contribution in [0.25, 0.3) is 27.7 Å². The monoisotopic (exact) mass is 475 g/mol. The number of aryl methyl sites for hydroxylation is 2. The van der Waals surface area contributed by atoms with Crippen LogP contribution < -0.4 is 0 Å². The van der Waals surface area contributed by atoms with Crippen LogP contribution in [-0.2, 0) is 16.1 Å². The Kier molecular flexibility index (Phi) is 5.50. The summed E-state index contributed by atoms with van der Waals surface area (Å²) < 4.78 is 17.5. The normalized spacial score (nSPS) is 18.0. The minimum Gasteiger partial charge on any atom is -0.337 e. The highest BCUT2D eigenvalue weighted by Gasteiger charge is 2.38. The fraction of sp³-hybridized carbons (Fsp3) is 0.346. The van der Waals surface area contributed by atoms with Gasteiger partial charge in [0.15, 0.2) is 17.2 Å². The van der Waals surface area contributed by atoms with Crippen LogP contribution in [0.3, 0.4) is 0 Å². The smallest absolute Gasteiger partial charge is 0.243 e. The lowest BCUT2D eigenvalue weighted by Gasteiger charge is -2.22. The SMILES string of the molecule is CC(=O)c1cn(CC(=O)N2C[C@H](F)C[C@H]2C(C)=O)c2c(C)cc(-c3cnc4cc(C)nn4c3)cc12. The number of halogens is 1. The minimum atomic E-state index is -1.21. The van der Waals surface area contributed by atoms with Gasteiger partial charge >= 0.3 is 0 Å². The lowest BCUT2D eigenvalue weighted by Crippen LogP contribution is -2.41. The molecule has 0 N–H and O–H groups in total. The maximum absolute atomic E-state index is 14.0. The number of fused-ring (bicyclic) bond motifs is 2. The molecule has 1 fully saturated rings. The van der Waals surface area contributed by atoms with Crippen molar-refractivity contribution in [1.82, 2.24) is 24.1 Å². The number of benzene rings is 1. The zero-order chi connectivity index (χ0) is 25.0. The number of nitrogens with zero attached hydrogens (tertiary/aromatic N) is 5. The molecule has 180 valence electrons. The van der Waals surface area contributed by atoms with Crippen molar-refractivity contribution >= 4 is 34.0 Å². The Labute approximate surface area is 201 Å². The standard InChI is InChI=1S/C26H26FN5O3/c1-14-5-18(19-9-28-24-6-15(2)29-32(24)10-19)7-21-22(16(3)33)12-30(26(14)21)13-25(35)31-11-20(27)8-23(31)17(4)34/h5-7,9-10,12,20,23H,8,11,13H2,1-4H3/t20-,23+/m1/s1. The number of hydrogen-bond donors (Lipinski definition) is 0. The maximum Gasteiger partial charge on any atom is 0.243 e. The van der Waals surface area contributed by atoms with Crippen molar-refractivity contribution in [2.75, 3.05) is 6.54 Å². The van der Waals surface area contributed by atoms with Crippen LogP contribution in [-0.4, -0.2) is 60.3 Å². The highest BCUT2D eigenvalue weighted by Crippen LogP contribution is 2.32. The summed E-state index contributed by atoms with van der Waals surface area (Å²) in [5, 5.41) is 5.16. The fourth-order valence-electron chi connectivity index (χ4n) is 5.05. The Morgan fingerprint density at radius 3 is 2.57 bits per heavy atom. The molecule has 4 aromatic rings. The molecular weight excluding hydrogens is 449 g/mol. The zero-order valence-corrected chi connectivity index (χ0v) is 20.1. The molecule has 0 radical (unpaired) electrons. The number of alkyl halides is 1. The number of Topliss-reactive ketones (excluding diaryl/α,β-unsaturated/α-hetero) is 2. The summed E-state index contributed by atoms with van der Waals surface area (Å²) in [7, 11) is 0. The number of rotatable bonds is 5. The third-order valence-corrected chi connectivity index (χ3v) is 6.66. The summed E-state index contributed by atoms with van der Waals surface area (Å²) in [4.78, 5) is 43.4. The number of carbonyl (C=O) groups excluding carboxylic acids is 3. The number of hydrogen-bond acceptors (Lipinski definition) is 5. The Balaban J connectivity index is 1.56. The molecule has 1 saturated heterocycles. The highest BCUT2D eigenvalue weighted by atomic mass is 19.1. The van der Waals surface area contributed by atoms with E-state index in [-0.39, 0.29) is 37.0 Å². The number of ketones is 2. The van der Waals surface area contributed by atoms with Crippen LogP contribution in [0.4, 0.5) is 4.39 Å². The molecule has 0 bridgehead atoms. The van der Waals surface area contributed by atoms with Crippen LogP contribution in [0, 0.1) is 13.8 Å². The molecule has 0 unspecified atom stereocenters. The molecule has 1 aliphatic rings. The van der Waals surface area contributed by atoms with Crippen LogP contribution in [0.5, 0.6) is 0 Å². The quantitative estimate of drug-likeness (QED) is 0.411. The van der Waals surface area contributed by atoms with Gasteiger partial charge in [-0.1, -0.05) is 0 Å². The fourth-order valence-corrected chi connectivity index (χ4v) is 5.05. The first-order chi connectivity index (χ1) is 16.6. The summed E-state index contributed by atoms with van der Waals surface area (Å²) in [6, 6.07) is 5.06. The van der Waals surface area contributed by atoms with Gasteiger partial charge in [0.2, 0.25) is 5.91 Å². The highest BCUT2D eigenvalue weighted by molar-refractivity contribution is 6.09. The lowest BCUT2D eigenvalue weighted by molar-refractivity contribution is -0.137. The first-order valence-corrected chi connectivity index (χ1v) is 11.5. The third kappa shape index (κ3) is 4.00. The minimum absolute atomic E-state index is 0.0305.